The number of ether oxygens (including phenoxy) is 1. The van der Waals surface area contributed by atoms with Gasteiger partial charge in [-0.2, -0.15) is 0 Å². The fourth-order valence-electron chi connectivity index (χ4n) is 5.14. The third kappa shape index (κ3) is 6.04. The van der Waals surface area contributed by atoms with E-state index in [1.807, 2.05) is 0 Å². The molecule has 0 radical (unpaired) electrons. The number of halogens is 2. The van der Waals surface area contributed by atoms with Crippen LogP contribution in [-0.4, -0.2) is 31.5 Å². The smallest absolute Gasteiger partial charge is 0.244 e. The molecule has 1 aliphatic carbocycles. The molecule has 0 unspecified atom stereocenters. The number of aromatic nitrogens is 2. The summed E-state index contributed by atoms with van der Waals surface area (Å²) in [6, 6.07) is 18.4. The third-order valence-electron chi connectivity index (χ3n) is 7.46. The molecule has 1 saturated carbocycles. The largest absolute Gasteiger partial charge is 0.454 e. The van der Waals surface area contributed by atoms with E-state index in [-0.39, 0.29) is 34.6 Å². The van der Waals surface area contributed by atoms with Crippen molar-refractivity contribution >= 4 is 36.8 Å². The molecule has 12 heteroatoms. The van der Waals surface area contributed by atoms with E-state index in [9.17, 15) is 25.6 Å². The number of hydrogen-bond acceptors (Lipinski definition) is 6. The quantitative estimate of drug-likeness (QED) is 0.175. The van der Waals surface area contributed by atoms with Gasteiger partial charge in [-0.3, -0.25) is 4.72 Å². The molecular formula is C32H29F2N3O5S2. The molecule has 0 amide bonds. The summed E-state index contributed by atoms with van der Waals surface area (Å²) in [5.41, 5.74) is 3.20. The summed E-state index contributed by atoms with van der Waals surface area (Å²) in [6.07, 6.45) is 3.11. The zero-order valence-electron chi connectivity index (χ0n) is 23.9. The Kier molecular flexibility index (Phi) is 7.66. The Labute approximate surface area is 254 Å². The lowest BCUT2D eigenvalue weighted by atomic mass is 9.97. The van der Waals surface area contributed by atoms with Crippen molar-refractivity contribution in [1.29, 1.82) is 0 Å². The Morgan fingerprint density at radius 2 is 1.68 bits per heavy atom. The summed E-state index contributed by atoms with van der Waals surface area (Å²) in [5, 5.41) is 0.458. The maximum atomic E-state index is 14.8. The van der Waals surface area contributed by atoms with Crippen molar-refractivity contribution in [3.8, 4) is 22.6 Å². The minimum absolute atomic E-state index is 0.0717. The number of fused-ring (bicyclic) bond motifs is 1. The Morgan fingerprint density at radius 1 is 0.932 bits per heavy atom. The van der Waals surface area contributed by atoms with E-state index in [0.717, 1.165) is 22.9 Å². The van der Waals surface area contributed by atoms with Gasteiger partial charge in [0.1, 0.15) is 11.6 Å². The minimum Gasteiger partial charge on any atom is -0.454 e. The van der Waals surface area contributed by atoms with E-state index < -0.39 is 31.7 Å². The highest BCUT2D eigenvalue weighted by atomic mass is 32.2. The zero-order valence-corrected chi connectivity index (χ0v) is 25.6. The van der Waals surface area contributed by atoms with Crippen LogP contribution in [0, 0.1) is 18.6 Å². The van der Waals surface area contributed by atoms with Crippen LogP contribution in [0.15, 0.2) is 79.0 Å². The second kappa shape index (κ2) is 11.3. The zero-order chi connectivity index (χ0) is 31.2. The van der Waals surface area contributed by atoms with Gasteiger partial charge in [0.2, 0.25) is 20.0 Å². The van der Waals surface area contributed by atoms with Crippen LogP contribution in [-0.2, 0) is 25.8 Å². The summed E-state index contributed by atoms with van der Waals surface area (Å²) < 4.78 is 90.8. The molecule has 2 heterocycles. The number of nitrogens with one attached hydrogen (secondary N) is 1. The van der Waals surface area contributed by atoms with Gasteiger partial charge in [0.15, 0.2) is 17.2 Å². The van der Waals surface area contributed by atoms with Gasteiger partial charge in [-0.15, -0.1) is 0 Å². The number of sulfonamides is 1. The Bertz CT molecular complexity index is 2110. The van der Waals surface area contributed by atoms with Gasteiger partial charge in [-0.1, -0.05) is 30.3 Å². The summed E-state index contributed by atoms with van der Waals surface area (Å²) in [4.78, 5) is 4.55. The molecule has 228 valence electrons. The molecule has 3 aromatic carbocycles. The molecule has 0 bridgehead atoms. The molecule has 0 atom stereocenters. The van der Waals surface area contributed by atoms with Crippen LogP contribution in [0.25, 0.3) is 22.2 Å². The second-order valence-corrected chi connectivity index (χ2v) is 14.7. The van der Waals surface area contributed by atoms with Crippen molar-refractivity contribution < 1.29 is 30.4 Å². The Hall–Kier alpha value is -4.29. The normalized spacial score (nSPS) is 13.7. The van der Waals surface area contributed by atoms with Crippen LogP contribution >= 0.6 is 0 Å². The first kappa shape index (κ1) is 29.8. The highest BCUT2D eigenvalue weighted by Gasteiger charge is 2.30. The Morgan fingerprint density at radius 3 is 2.36 bits per heavy atom. The van der Waals surface area contributed by atoms with Crippen LogP contribution in [0.2, 0.25) is 0 Å². The summed E-state index contributed by atoms with van der Waals surface area (Å²) in [5.74, 6) is -2.02. The van der Waals surface area contributed by atoms with E-state index in [1.165, 1.54) is 19.2 Å². The molecular weight excluding hydrogens is 608 g/mol. The average molecular weight is 638 g/mol. The lowest BCUT2D eigenvalue weighted by Gasteiger charge is -2.19. The maximum Gasteiger partial charge on any atom is 0.244 e. The molecule has 1 aliphatic rings. The van der Waals surface area contributed by atoms with Gasteiger partial charge in [-0.25, -0.2) is 34.6 Å². The maximum absolute atomic E-state index is 14.8. The SMILES string of the molecule is CCS(=O)(=O)Nc1cc(-c2cc(C)nc3c2ccn3S(=O)(=O)Cc2ccccc2)c(Oc2ccc(F)cc2F)cc1C1CC1. The van der Waals surface area contributed by atoms with Crippen molar-refractivity contribution in [2.45, 2.75) is 38.4 Å². The summed E-state index contributed by atoms with van der Waals surface area (Å²) in [6.45, 7) is 3.24. The number of aryl methyl sites for hydroxylation is 1. The summed E-state index contributed by atoms with van der Waals surface area (Å²) >= 11 is 0. The van der Waals surface area contributed by atoms with Crippen LogP contribution in [0.1, 0.15) is 42.5 Å². The molecule has 1 fully saturated rings. The van der Waals surface area contributed by atoms with Crippen LogP contribution in [0.5, 0.6) is 11.5 Å². The lowest BCUT2D eigenvalue weighted by Crippen LogP contribution is -2.16. The fraction of sp³-hybridized carbons (Fsp3) is 0.219. The lowest BCUT2D eigenvalue weighted by molar-refractivity contribution is 0.438. The predicted molar refractivity (Wildman–Crippen MR) is 166 cm³/mol. The van der Waals surface area contributed by atoms with E-state index in [4.69, 9.17) is 4.74 Å². The second-order valence-electron chi connectivity index (χ2n) is 10.8. The van der Waals surface area contributed by atoms with Gasteiger partial charge in [-0.05, 0) is 85.7 Å². The molecule has 0 saturated heterocycles. The molecule has 5 aromatic rings. The van der Waals surface area contributed by atoms with Gasteiger partial charge in [0.05, 0.1) is 17.2 Å². The number of hydrogen-bond donors (Lipinski definition) is 1. The van der Waals surface area contributed by atoms with E-state index in [1.54, 1.807) is 61.5 Å². The van der Waals surface area contributed by atoms with Gasteiger partial charge in [0, 0.05) is 28.9 Å². The number of benzene rings is 3. The molecule has 2 aromatic heterocycles. The van der Waals surface area contributed by atoms with Gasteiger partial charge < -0.3 is 4.74 Å². The molecule has 44 heavy (non-hydrogen) atoms. The molecule has 1 N–H and O–H groups in total. The highest BCUT2D eigenvalue weighted by Crippen LogP contribution is 2.49. The average Bonchev–Trinajstić information content (AvgIpc) is 3.72. The van der Waals surface area contributed by atoms with E-state index in [0.29, 0.717) is 45.1 Å². The third-order valence-corrected chi connectivity index (χ3v) is 10.3. The molecule has 0 spiro atoms. The van der Waals surface area contributed by atoms with Crippen molar-refractivity contribution in [3.63, 3.8) is 0 Å². The van der Waals surface area contributed by atoms with Crippen LogP contribution in [0.3, 0.4) is 0 Å². The number of rotatable bonds is 10. The van der Waals surface area contributed by atoms with Crippen molar-refractivity contribution in [3.05, 3.63) is 107 Å². The van der Waals surface area contributed by atoms with Crippen LogP contribution in [0.4, 0.5) is 14.5 Å². The van der Waals surface area contributed by atoms with Crippen molar-refractivity contribution in [2.24, 2.45) is 0 Å². The first-order valence-corrected chi connectivity index (χ1v) is 17.3. The molecule has 6 rings (SSSR count). The fourth-order valence-corrected chi connectivity index (χ4v) is 7.20. The van der Waals surface area contributed by atoms with Gasteiger partial charge in [0.25, 0.3) is 0 Å². The monoisotopic (exact) mass is 637 g/mol. The Balaban J connectivity index is 1.56. The molecule has 0 aliphatic heterocycles. The first-order chi connectivity index (χ1) is 20.9. The number of pyridine rings is 1. The topological polar surface area (TPSA) is 107 Å². The van der Waals surface area contributed by atoms with E-state index >= 15 is 0 Å². The molecule has 8 nitrogen and oxygen atoms in total. The first-order valence-electron chi connectivity index (χ1n) is 14.0. The van der Waals surface area contributed by atoms with Crippen LogP contribution < -0.4 is 9.46 Å². The van der Waals surface area contributed by atoms with Gasteiger partial charge >= 0.3 is 0 Å². The predicted octanol–water partition coefficient (Wildman–Crippen LogP) is 7.10. The van der Waals surface area contributed by atoms with E-state index in [2.05, 4.69) is 9.71 Å². The highest BCUT2D eigenvalue weighted by molar-refractivity contribution is 7.92. The van der Waals surface area contributed by atoms with Crippen molar-refractivity contribution in [1.82, 2.24) is 8.96 Å². The number of anilines is 1. The van der Waals surface area contributed by atoms with Crippen molar-refractivity contribution in [2.75, 3.05) is 10.5 Å². The minimum atomic E-state index is -3.88. The number of nitrogens with zero attached hydrogens (tertiary/aromatic N) is 2. The standard InChI is InChI=1S/C32H29F2N3O5S2/c1-3-43(38,39)36-29-17-27(31(18-25(29)22-9-10-22)42-30-12-11-23(33)16-28(30)34)26-15-20(2)35-32-24(26)13-14-37(32)44(40,41)19-21-7-5-4-6-8-21/h4-8,11-18,22,36H,3,9-10,19H2,1-2H3. The summed E-state index contributed by atoms with van der Waals surface area (Å²) in [7, 11) is -7.55.